The molecular formula is C33H40N4O2. The molecule has 0 saturated heterocycles. The highest BCUT2D eigenvalue weighted by Crippen LogP contribution is 2.22. The van der Waals surface area contributed by atoms with E-state index in [4.69, 9.17) is 19.5 Å². The zero-order valence-corrected chi connectivity index (χ0v) is 23.9. The van der Waals surface area contributed by atoms with Gasteiger partial charge in [0.25, 0.3) is 0 Å². The van der Waals surface area contributed by atoms with Crippen LogP contribution in [0.25, 0.3) is 0 Å². The van der Waals surface area contributed by atoms with Gasteiger partial charge in [0.05, 0.1) is 13.1 Å². The lowest BCUT2D eigenvalue weighted by atomic mass is 10.1. The van der Waals surface area contributed by atoms with Gasteiger partial charge in [0.2, 0.25) is 0 Å². The van der Waals surface area contributed by atoms with Crippen LogP contribution in [0.5, 0.6) is 11.5 Å². The van der Waals surface area contributed by atoms with Gasteiger partial charge in [-0.15, -0.1) is 0 Å². The molecule has 204 valence electrons. The Hall–Kier alpha value is -3.80. The number of benzene rings is 3. The van der Waals surface area contributed by atoms with Gasteiger partial charge in [-0.3, -0.25) is 9.98 Å². The monoisotopic (exact) mass is 524 g/mol. The first-order chi connectivity index (χ1) is 18.9. The summed E-state index contributed by atoms with van der Waals surface area (Å²) in [6.07, 6.45) is 0. The zero-order chi connectivity index (χ0) is 27.4. The van der Waals surface area contributed by atoms with Crippen LogP contribution in [-0.2, 0) is 13.2 Å². The standard InChI is InChI=1S/C33H40N4O2/c1-23(2)36-16-14-34-32(36)28-6-10-30(11-7-28)38-21-26-18-25(5)19-27(20-26)22-39-31-12-8-29(9-13-31)33-35-15-17-37(33)24(3)4/h6-13,18-20,23-24H,14-17,21-22H2,1-5H3. The van der Waals surface area contributed by atoms with Gasteiger partial charge in [-0.25, -0.2) is 0 Å². The highest BCUT2D eigenvalue weighted by atomic mass is 16.5. The van der Waals surface area contributed by atoms with E-state index in [0.717, 1.165) is 71.6 Å². The van der Waals surface area contributed by atoms with E-state index in [1.807, 2.05) is 24.3 Å². The number of hydrogen-bond donors (Lipinski definition) is 0. The maximum Gasteiger partial charge on any atom is 0.131 e. The second kappa shape index (κ2) is 11.9. The molecule has 0 atom stereocenters. The fraction of sp³-hybridized carbons (Fsp3) is 0.394. The number of aliphatic imine (C=N–C) groups is 2. The Morgan fingerprint density at radius 1 is 0.641 bits per heavy atom. The van der Waals surface area contributed by atoms with Crippen molar-refractivity contribution in [2.75, 3.05) is 26.2 Å². The van der Waals surface area contributed by atoms with Crippen molar-refractivity contribution in [3.8, 4) is 11.5 Å². The van der Waals surface area contributed by atoms with Crippen LogP contribution in [0.15, 0.2) is 76.7 Å². The molecule has 6 heteroatoms. The predicted octanol–water partition coefficient (Wildman–Crippen LogP) is 6.09. The quantitative estimate of drug-likeness (QED) is 0.322. The summed E-state index contributed by atoms with van der Waals surface area (Å²) in [5.41, 5.74) is 5.75. The summed E-state index contributed by atoms with van der Waals surface area (Å²) in [4.78, 5) is 14.1. The van der Waals surface area contributed by atoms with E-state index in [0.29, 0.717) is 25.3 Å². The third-order valence-electron chi connectivity index (χ3n) is 7.23. The van der Waals surface area contributed by atoms with Crippen LogP contribution >= 0.6 is 0 Å². The molecule has 3 aromatic rings. The van der Waals surface area contributed by atoms with E-state index >= 15 is 0 Å². The molecule has 3 aromatic carbocycles. The molecule has 0 spiro atoms. The Labute approximate surface area is 233 Å². The van der Waals surface area contributed by atoms with Crippen molar-refractivity contribution in [1.29, 1.82) is 0 Å². The Bertz CT molecular complexity index is 1230. The minimum absolute atomic E-state index is 0.448. The second-order valence-corrected chi connectivity index (χ2v) is 10.9. The highest BCUT2D eigenvalue weighted by molar-refractivity contribution is 6.00. The van der Waals surface area contributed by atoms with Crippen molar-refractivity contribution in [1.82, 2.24) is 9.80 Å². The topological polar surface area (TPSA) is 49.7 Å². The normalized spacial score (nSPS) is 15.3. The third-order valence-corrected chi connectivity index (χ3v) is 7.23. The van der Waals surface area contributed by atoms with Crippen molar-refractivity contribution in [3.63, 3.8) is 0 Å². The van der Waals surface area contributed by atoms with E-state index in [2.05, 4.69) is 86.9 Å². The molecule has 0 unspecified atom stereocenters. The van der Waals surface area contributed by atoms with Crippen molar-refractivity contribution < 1.29 is 9.47 Å². The number of rotatable bonds is 10. The van der Waals surface area contributed by atoms with Gasteiger partial charge in [0.1, 0.15) is 36.4 Å². The second-order valence-electron chi connectivity index (χ2n) is 10.9. The average molecular weight is 525 g/mol. The number of hydrogen-bond acceptors (Lipinski definition) is 6. The molecule has 39 heavy (non-hydrogen) atoms. The van der Waals surface area contributed by atoms with Crippen LogP contribution < -0.4 is 9.47 Å². The summed E-state index contributed by atoms with van der Waals surface area (Å²) < 4.78 is 12.3. The lowest BCUT2D eigenvalue weighted by Gasteiger charge is -2.24. The molecule has 0 amide bonds. The zero-order valence-electron chi connectivity index (χ0n) is 23.9. The largest absolute Gasteiger partial charge is 0.489 e. The van der Waals surface area contributed by atoms with Crippen LogP contribution in [0.2, 0.25) is 0 Å². The molecule has 2 aliphatic rings. The molecule has 2 aliphatic heterocycles. The first-order valence-corrected chi connectivity index (χ1v) is 14.1. The van der Waals surface area contributed by atoms with Crippen LogP contribution in [0.1, 0.15) is 55.5 Å². The van der Waals surface area contributed by atoms with Crippen LogP contribution in [0.3, 0.4) is 0 Å². The first-order valence-electron chi connectivity index (χ1n) is 14.1. The maximum atomic E-state index is 6.13. The smallest absolute Gasteiger partial charge is 0.131 e. The summed E-state index contributed by atoms with van der Waals surface area (Å²) in [6, 6.07) is 24.0. The summed E-state index contributed by atoms with van der Waals surface area (Å²) in [5.74, 6) is 3.88. The third kappa shape index (κ3) is 6.44. The molecule has 0 N–H and O–H groups in total. The van der Waals surface area contributed by atoms with Crippen molar-refractivity contribution in [2.45, 2.75) is 59.9 Å². The van der Waals surface area contributed by atoms with E-state index in [9.17, 15) is 0 Å². The SMILES string of the molecule is Cc1cc(COc2ccc(C3=NCCN3C(C)C)cc2)cc(COc2ccc(C3=NCCN3C(C)C)cc2)c1. The molecule has 0 fully saturated rings. The Balaban J connectivity index is 1.17. The molecule has 0 aromatic heterocycles. The first kappa shape index (κ1) is 26.8. The van der Waals surface area contributed by atoms with Gasteiger partial charge in [-0.1, -0.05) is 17.7 Å². The molecule has 6 nitrogen and oxygen atoms in total. The van der Waals surface area contributed by atoms with E-state index < -0.39 is 0 Å². The van der Waals surface area contributed by atoms with E-state index in [1.165, 1.54) is 5.56 Å². The molecule has 2 heterocycles. The minimum atomic E-state index is 0.448. The summed E-state index contributed by atoms with van der Waals surface area (Å²) >= 11 is 0. The number of amidine groups is 2. The maximum absolute atomic E-state index is 6.13. The molecule has 0 saturated carbocycles. The fourth-order valence-corrected chi connectivity index (χ4v) is 5.29. The van der Waals surface area contributed by atoms with Crippen LogP contribution in [-0.4, -0.2) is 59.7 Å². The van der Waals surface area contributed by atoms with Crippen molar-refractivity contribution in [2.24, 2.45) is 9.98 Å². The number of nitrogens with zero attached hydrogens (tertiary/aromatic N) is 4. The Kier molecular flexibility index (Phi) is 8.20. The van der Waals surface area contributed by atoms with Gasteiger partial charge >= 0.3 is 0 Å². The Morgan fingerprint density at radius 2 is 1.05 bits per heavy atom. The van der Waals surface area contributed by atoms with E-state index in [1.54, 1.807) is 0 Å². The average Bonchev–Trinajstić information content (AvgIpc) is 3.62. The fourth-order valence-electron chi connectivity index (χ4n) is 5.29. The van der Waals surface area contributed by atoms with Crippen molar-refractivity contribution in [3.05, 3.63) is 94.5 Å². The highest BCUT2D eigenvalue weighted by Gasteiger charge is 2.22. The molecule has 5 rings (SSSR count). The lowest BCUT2D eigenvalue weighted by Crippen LogP contribution is -2.34. The minimum Gasteiger partial charge on any atom is -0.489 e. The van der Waals surface area contributed by atoms with Gasteiger partial charge < -0.3 is 19.3 Å². The summed E-state index contributed by atoms with van der Waals surface area (Å²) in [5, 5.41) is 0. The van der Waals surface area contributed by atoms with Gasteiger partial charge in [0, 0.05) is 36.3 Å². The van der Waals surface area contributed by atoms with Gasteiger partial charge in [0.15, 0.2) is 0 Å². The number of ether oxygens (including phenoxy) is 2. The van der Waals surface area contributed by atoms with Crippen LogP contribution in [0.4, 0.5) is 0 Å². The summed E-state index contributed by atoms with van der Waals surface area (Å²) in [6.45, 7) is 15.7. The van der Waals surface area contributed by atoms with Gasteiger partial charge in [-0.2, -0.15) is 0 Å². The lowest BCUT2D eigenvalue weighted by molar-refractivity contribution is 0.299. The van der Waals surface area contributed by atoms with Crippen LogP contribution in [0, 0.1) is 6.92 Å². The van der Waals surface area contributed by atoms with E-state index in [-0.39, 0.29) is 0 Å². The van der Waals surface area contributed by atoms with Crippen molar-refractivity contribution >= 4 is 11.7 Å². The number of aryl methyl sites for hydroxylation is 1. The molecule has 0 aliphatic carbocycles. The van der Waals surface area contributed by atoms with Gasteiger partial charge in [-0.05, 0) is 100 Å². The molecule has 0 radical (unpaired) electrons. The summed E-state index contributed by atoms with van der Waals surface area (Å²) in [7, 11) is 0. The predicted molar refractivity (Wildman–Crippen MR) is 159 cm³/mol. The molecular weight excluding hydrogens is 484 g/mol. The molecule has 0 bridgehead atoms. The Morgan fingerprint density at radius 3 is 1.44 bits per heavy atom.